The van der Waals surface area contributed by atoms with E-state index in [1.54, 1.807) is 12.1 Å². The standard InChI is InChI=1S/C12H12ClFN2O2/c13-9-3-1-4-10(14)8(9)7-11-15-12(18-16-11)5-2-6-17/h1,3-4,17H,2,5-7H2. The Morgan fingerprint density at radius 3 is 2.94 bits per heavy atom. The molecule has 0 aliphatic carbocycles. The zero-order chi connectivity index (χ0) is 13.0. The Labute approximate surface area is 108 Å². The van der Waals surface area contributed by atoms with E-state index in [0.29, 0.717) is 35.1 Å². The fraction of sp³-hybridized carbons (Fsp3) is 0.333. The largest absolute Gasteiger partial charge is 0.396 e. The van der Waals surface area contributed by atoms with Crippen LogP contribution in [0.1, 0.15) is 23.7 Å². The van der Waals surface area contributed by atoms with Gasteiger partial charge in [0.1, 0.15) is 5.82 Å². The summed E-state index contributed by atoms with van der Waals surface area (Å²) in [6.45, 7) is 0.0663. The molecule has 0 fully saturated rings. The maximum Gasteiger partial charge on any atom is 0.226 e. The van der Waals surface area contributed by atoms with Gasteiger partial charge in [0.15, 0.2) is 5.82 Å². The van der Waals surface area contributed by atoms with Crippen LogP contribution in [0.25, 0.3) is 0 Å². The number of aryl methyl sites for hydroxylation is 1. The van der Waals surface area contributed by atoms with Crippen molar-refractivity contribution >= 4 is 11.6 Å². The first-order valence-electron chi connectivity index (χ1n) is 5.56. The summed E-state index contributed by atoms with van der Waals surface area (Å²) < 4.78 is 18.5. The molecule has 4 nitrogen and oxygen atoms in total. The van der Waals surface area contributed by atoms with Gasteiger partial charge < -0.3 is 9.63 Å². The smallest absolute Gasteiger partial charge is 0.226 e. The van der Waals surface area contributed by atoms with Crippen molar-refractivity contribution < 1.29 is 14.0 Å². The predicted octanol–water partition coefficient (Wildman–Crippen LogP) is 2.38. The van der Waals surface area contributed by atoms with Crippen LogP contribution in [0, 0.1) is 5.82 Å². The molecule has 2 aromatic rings. The zero-order valence-corrected chi connectivity index (χ0v) is 10.3. The molecule has 96 valence electrons. The molecule has 1 aromatic carbocycles. The topological polar surface area (TPSA) is 59.2 Å². The number of hydrogen-bond donors (Lipinski definition) is 1. The summed E-state index contributed by atoms with van der Waals surface area (Å²) in [4.78, 5) is 4.11. The van der Waals surface area contributed by atoms with Gasteiger partial charge in [-0.25, -0.2) is 4.39 Å². The lowest BCUT2D eigenvalue weighted by Gasteiger charge is -2.01. The SMILES string of the molecule is OCCCc1nc(Cc2c(F)cccc2Cl)no1. The highest BCUT2D eigenvalue weighted by atomic mass is 35.5. The number of benzene rings is 1. The zero-order valence-electron chi connectivity index (χ0n) is 9.57. The van der Waals surface area contributed by atoms with Crippen molar-refractivity contribution in [2.45, 2.75) is 19.3 Å². The second-order valence-electron chi connectivity index (χ2n) is 3.81. The van der Waals surface area contributed by atoms with E-state index in [2.05, 4.69) is 10.1 Å². The van der Waals surface area contributed by atoms with Crippen LogP contribution in [0.2, 0.25) is 5.02 Å². The molecule has 0 radical (unpaired) electrons. The number of aromatic nitrogens is 2. The molecular formula is C12H12ClFN2O2. The molecule has 1 N–H and O–H groups in total. The minimum atomic E-state index is -0.385. The van der Waals surface area contributed by atoms with Gasteiger partial charge in [0, 0.05) is 30.0 Å². The third-order valence-electron chi connectivity index (χ3n) is 2.46. The van der Waals surface area contributed by atoms with E-state index in [1.165, 1.54) is 6.07 Å². The number of nitrogens with zero attached hydrogens (tertiary/aromatic N) is 2. The third-order valence-corrected chi connectivity index (χ3v) is 2.81. The summed E-state index contributed by atoms with van der Waals surface area (Å²) in [7, 11) is 0. The monoisotopic (exact) mass is 270 g/mol. The number of hydrogen-bond acceptors (Lipinski definition) is 4. The maximum atomic E-state index is 13.5. The Morgan fingerprint density at radius 1 is 1.39 bits per heavy atom. The molecule has 1 heterocycles. The van der Waals surface area contributed by atoms with E-state index in [9.17, 15) is 4.39 Å². The Hall–Kier alpha value is -1.46. The third kappa shape index (κ3) is 3.05. The summed E-state index contributed by atoms with van der Waals surface area (Å²) in [5.74, 6) is 0.436. The summed E-state index contributed by atoms with van der Waals surface area (Å²) in [5.41, 5.74) is 0.355. The molecule has 1 aromatic heterocycles. The summed E-state index contributed by atoms with van der Waals surface area (Å²) >= 11 is 5.91. The van der Waals surface area contributed by atoms with Crippen LogP contribution in [-0.2, 0) is 12.8 Å². The maximum absolute atomic E-state index is 13.5. The number of rotatable bonds is 5. The highest BCUT2D eigenvalue weighted by Crippen LogP contribution is 2.21. The van der Waals surface area contributed by atoms with Crippen molar-refractivity contribution in [3.05, 3.63) is 46.3 Å². The Kier molecular flexibility index (Phi) is 4.28. The fourth-order valence-corrected chi connectivity index (χ4v) is 1.78. The number of halogens is 2. The summed E-state index contributed by atoms with van der Waals surface area (Å²) in [5, 5.41) is 12.8. The first kappa shape index (κ1) is 13.0. The lowest BCUT2D eigenvalue weighted by Crippen LogP contribution is -1.96. The van der Waals surface area contributed by atoms with Crippen LogP contribution in [-0.4, -0.2) is 21.9 Å². The Bertz CT molecular complexity index is 510. The first-order valence-corrected chi connectivity index (χ1v) is 5.93. The molecule has 0 saturated heterocycles. The van der Waals surface area contributed by atoms with E-state index in [-0.39, 0.29) is 18.8 Å². The fourth-order valence-electron chi connectivity index (χ4n) is 1.55. The molecule has 0 atom stereocenters. The number of aliphatic hydroxyl groups is 1. The van der Waals surface area contributed by atoms with Crippen LogP contribution in [0.3, 0.4) is 0 Å². The van der Waals surface area contributed by atoms with Crippen LogP contribution in [0.5, 0.6) is 0 Å². The summed E-state index contributed by atoms with van der Waals surface area (Å²) in [6.07, 6.45) is 1.25. The van der Waals surface area contributed by atoms with E-state index in [1.807, 2.05) is 0 Å². The van der Waals surface area contributed by atoms with Gasteiger partial charge in [-0.2, -0.15) is 4.98 Å². The van der Waals surface area contributed by atoms with Gasteiger partial charge in [0.25, 0.3) is 0 Å². The second kappa shape index (κ2) is 5.93. The average molecular weight is 271 g/mol. The molecule has 0 aliphatic heterocycles. The van der Waals surface area contributed by atoms with Gasteiger partial charge in [0.05, 0.1) is 0 Å². The highest BCUT2D eigenvalue weighted by Gasteiger charge is 2.12. The molecule has 0 aliphatic rings. The number of aliphatic hydroxyl groups excluding tert-OH is 1. The van der Waals surface area contributed by atoms with Gasteiger partial charge in [-0.05, 0) is 18.6 Å². The lowest BCUT2D eigenvalue weighted by atomic mass is 10.1. The van der Waals surface area contributed by atoms with Gasteiger partial charge in [-0.1, -0.05) is 22.8 Å². The van der Waals surface area contributed by atoms with Crippen molar-refractivity contribution in [3.63, 3.8) is 0 Å². The summed E-state index contributed by atoms with van der Waals surface area (Å²) in [6, 6.07) is 4.50. The molecule has 0 amide bonds. The Balaban J connectivity index is 2.11. The minimum Gasteiger partial charge on any atom is -0.396 e. The van der Waals surface area contributed by atoms with Crippen LogP contribution >= 0.6 is 11.6 Å². The van der Waals surface area contributed by atoms with E-state index in [4.69, 9.17) is 21.2 Å². The lowest BCUT2D eigenvalue weighted by molar-refractivity contribution is 0.278. The molecular weight excluding hydrogens is 259 g/mol. The quantitative estimate of drug-likeness (QED) is 0.906. The van der Waals surface area contributed by atoms with Gasteiger partial charge in [-0.15, -0.1) is 0 Å². The average Bonchev–Trinajstić information content (AvgIpc) is 2.79. The van der Waals surface area contributed by atoms with Crippen LogP contribution in [0.4, 0.5) is 4.39 Å². The molecule has 6 heteroatoms. The van der Waals surface area contributed by atoms with Crippen molar-refractivity contribution in [1.29, 1.82) is 0 Å². The molecule has 0 spiro atoms. The minimum absolute atomic E-state index is 0.0663. The van der Waals surface area contributed by atoms with Crippen molar-refractivity contribution in [3.8, 4) is 0 Å². The van der Waals surface area contributed by atoms with Crippen molar-refractivity contribution in [1.82, 2.24) is 10.1 Å². The van der Waals surface area contributed by atoms with Gasteiger partial charge in [-0.3, -0.25) is 0 Å². The highest BCUT2D eigenvalue weighted by molar-refractivity contribution is 6.31. The van der Waals surface area contributed by atoms with E-state index < -0.39 is 0 Å². The van der Waals surface area contributed by atoms with E-state index in [0.717, 1.165) is 0 Å². The van der Waals surface area contributed by atoms with Crippen LogP contribution < -0.4 is 0 Å². The molecule has 18 heavy (non-hydrogen) atoms. The van der Waals surface area contributed by atoms with Crippen LogP contribution in [0.15, 0.2) is 22.7 Å². The molecule has 0 saturated carbocycles. The normalized spacial score (nSPS) is 10.8. The molecule has 0 bridgehead atoms. The first-order chi connectivity index (χ1) is 8.70. The Morgan fingerprint density at radius 2 is 2.22 bits per heavy atom. The van der Waals surface area contributed by atoms with Gasteiger partial charge >= 0.3 is 0 Å². The van der Waals surface area contributed by atoms with Crippen molar-refractivity contribution in [2.24, 2.45) is 0 Å². The predicted molar refractivity (Wildman–Crippen MR) is 63.9 cm³/mol. The molecule has 0 unspecified atom stereocenters. The van der Waals surface area contributed by atoms with Gasteiger partial charge in [0.2, 0.25) is 5.89 Å². The second-order valence-corrected chi connectivity index (χ2v) is 4.22. The van der Waals surface area contributed by atoms with E-state index >= 15 is 0 Å². The molecule has 2 rings (SSSR count). The van der Waals surface area contributed by atoms with Crippen molar-refractivity contribution in [2.75, 3.05) is 6.61 Å².